The van der Waals surface area contributed by atoms with E-state index in [4.69, 9.17) is 10.1 Å². The highest BCUT2D eigenvalue weighted by atomic mass is 16.5. The van der Waals surface area contributed by atoms with Gasteiger partial charge in [-0.3, -0.25) is 5.41 Å². The van der Waals surface area contributed by atoms with Gasteiger partial charge in [-0.15, -0.1) is 0 Å². The maximum atomic E-state index is 10.5. The minimum absolute atomic E-state index is 0.201. The smallest absolute Gasteiger partial charge is 0.203 e. The summed E-state index contributed by atoms with van der Waals surface area (Å²) >= 11 is 0. The minimum Gasteiger partial charge on any atom is -0.491 e. The average molecular weight is 367 g/mol. The standard InChI is InChI=1S/C22H29N3O2/c1-2-3-4-10-15-24-20-13-8-9-14-21(20)25(22(24)23)16-18(26)17-27-19-11-6-5-7-12-19/h5-9,11-14,18,23,26H,2-4,10,15-17H2,1H3/t18-/m1/s1. The molecule has 1 heterocycles. The van der Waals surface area contributed by atoms with Crippen molar-refractivity contribution in [2.75, 3.05) is 6.61 Å². The summed E-state index contributed by atoms with van der Waals surface area (Å²) in [5.74, 6) is 0.742. The van der Waals surface area contributed by atoms with Gasteiger partial charge in [0.15, 0.2) is 0 Å². The summed E-state index contributed by atoms with van der Waals surface area (Å²) in [6.07, 6.45) is 3.99. The van der Waals surface area contributed by atoms with Gasteiger partial charge in [0.05, 0.1) is 17.6 Å². The fourth-order valence-electron chi connectivity index (χ4n) is 3.38. The molecule has 3 aromatic rings. The van der Waals surface area contributed by atoms with Gasteiger partial charge in [0.1, 0.15) is 18.5 Å². The number of para-hydroxylation sites is 3. The second-order valence-electron chi connectivity index (χ2n) is 6.91. The van der Waals surface area contributed by atoms with Crippen LogP contribution in [0.3, 0.4) is 0 Å². The molecule has 1 atom stereocenters. The van der Waals surface area contributed by atoms with Crippen molar-refractivity contribution in [2.45, 2.75) is 51.8 Å². The van der Waals surface area contributed by atoms with E-state index >= 15 is 0 Å². The summed E-state index contributed by atoms with van der Waals surface area (Å²) in [6, 6.07) is 17.5. The van der Waals surface area contributed by atoms with Crippen molar-refractivity contribution in [1.29, 1.82) is 5.41 Å². The quantitative estimate of drug-likeness (QED) is 0.533. The van der Waals surface area contributed by atoms with Crippen LogP contribution in [0.2, 0.25) is 0 Å². The van der Waals surface area contributed by atoms with Crippen LogP contribution in [0, 0.1) is 5.41 Å². The zero-order valence-corrected chi connectivity index (χ0v) is 16.0. The predicted molar refractivity (Wildman–Crippen MR) is 108 cm³/mol. The van der Waals surface area contributed by atoms with Gasteiger partial charge in [-0.2, -0.15) is 0 Å². The van der Waals surface area contributed by atoms with Crippen LogP contribution >= 0.6 is 0 Å². The number of fused-ring (bicyclic) bond motifs is 1. The Morgan fingerprint density at radius 1 is 0.926 bits per heavy atom. The van der Waals surface area contributed by atoms with Gasteiger partial charge in [0.2, 0.25) is 5.62 Å². The molecule has 27 heavy (non-hydrogen) atoms. The summed E-state index contributed by atoms with van der Waals surface area (Å²) < 4.78 is 9.59. The van der Waals surface area contributed by atoms with E-state index in [2.05, 4.69) is 17.6 Å². The average Bonchev–Trinajstić information content (AvgIpc) is 2.96. The lowest BCUT2D eigenvalue weighted by Crippen LogP contribution is -2.31. The van der Waals surface area contributed by atoms with Crippen LogP contribution < -0.4 is 10.4 Å². The van der Waals surface area contributed by atoms with Crippen molar-refractivity contribution in [1.82, 2.24) is 9.13 Å². The monoisotopic (exact) mass is 367 g/mol. The van der Waals surface area contributed by atoms with Crippen molar-refractivity contribution in [3.63, 3.8) is 0 Å². The van der Waals surface area contributed by atoms with Crippen LogP contribution in [0.1, 0.15) is 32.6 Å². The number of aryl methyl sites for hydroxylation is 1. The van der Waals surface area contributed by atoms with Crippen LogP contribution in [-0.4, -0.2) is 27.0 Å². The fraction of sp³-hybridized carbons (Fsp3) is 0.409. The Kier molecular flexibility index (Phi) is 6.71. The first-order valence-electron chi connectivity index (χ1n) is 9.79. The lowest BCUT2D eigenvalue weighted by atomic mass is 10.2. The molecule has 0 radical (unpaired) electrons. The molecule has 2 aromatic carbocycles. The highest BCUT2D eigenvalue weighted by molar-refractivity contribution is 5.75. The van der Waals surface area contributed by atoms with Crippen LogP contribution in [0.4, 0.5) is 0 Å². The molecular weight excluding hydrogens is 338 g/mol. The largest absolute Gasteiger partial charge is 0.491 e. The normalized spacial score (nSPS) is 12.4. The van der Waals surface area contributed by atoms with Crippen LogP contribution in [-0.2, 0) is 13.1 Å². The second-order valence-corrected chi connectivity index (χ2v) is 6.91. The van der Waals surface area contributed by atoms with Gasteiger partial charge < -0.3 is 19.0 Å². The van der Waals surface area contributed by atoms with E-state index in [1.54, 1.807) is 0 Å². The number of nitrogens with one attached hydrogen (secondary N) is 1. The third kappa shape index (κ3) is 4.80. The number of benzene rings is 2. The van der Waals surface area contributed by atoms with Gasteiger partial charge in [0, 0.05) is 6.54 Å². The summed E-state index contributed by atoms with van der Waals surface area (Å²) in [7, 11) is 0. The molecule has 1 aromatic heterocycles. The molecule has 3 rings (SSSR count). The number of ether oxygens (including phenoxy) is 1. The van der Waals surface area contributed by atoms with Crippen molar-refractivity contribution in [3.8, 4) is 5.75 Å². The number of rotatable bonds is 10. The predicted octanol–water partition coefficient (Wildman–Crippen LogP) is 3.94. The third-order valence-electron chi connectivity index (χ3n) is 4.79. The third-order valence-corrected chi connectivity index (χ3v) is 4.79. The van der Waals surface area contributed by atoms with Gasteiger partial charge in [-0.25, -0.2) is 0 Å². The molecule has 0 spiro atoms. The molecule has 0 aliphatic rings. The molecule has 0 bridgehead atoms. The number of aliphatic hydroxyl groups is 1. The van der Waals surface area contributed by atoms with Crippen LogP contribution in [0.25, 0.3) is 11.0 Å². The van der Waals surface area contributed by atoms with Crippen molar-refractivity contribution in [3.05, 3.63) is 60.2 Å². The van der Waals surface area contributed by atoms with Gasteiger partial charge in [-0.1, -0.05) is 56.5 Å². The lowest BCUT2D eigenvalue weighted by Gasteiger charge is -2.13. The number of aromatic nitrogens is 2. The number of aliphatic hydroxyl groups excluding tert-OH is 1. The topological polar surface area (TPSA) is 63.2 Å². The minimum atomic E-state index is -0.682. The first kappa shape index (κ1) is 19.2. The molecule has 2 N–H and O–H groups in total. The van der Waals surface area contributed by atoms with E-state index in [0.29, 0.717) is 12.2 Å². The Labute approximate surface area is 160 Å². The summed E-state index contributed by atoms with van der Waals surface area (Å²) in [5.41, 5.74) is 2.47. The van der Waals surface area contributed by atoms with Gasteiger partial charge in [0.25, 0.3) is 0 Å². The molecule has 5 nitrogen and oxygen atoms in total. The van der Waals surface area contributed by atoms with Crippen molar-refractivity contribution in [2.24, 2.45) is 0 Å². The number of nitrogens with zero attached hydrogens (tertiary/aromatic N) is 2. The molecule has 0 saturated carbocycles. The first-order valence-corrected chi connectivity index (χ1v) is 9.79. The van der Waals surface area contributed by atoms with E-state index in [0.717, 1.165) is 29.7 Å². The van der Waals surface area contributed by atoms with E-state index in [1.807, 2.05) is 53.1 Å². The highest BCUT2D eigenvalue weighted by Crippen LogP contribution is 2.15. The fourth-order valence-corrected chi connectivity index (χ4v) is 3.38. The Morgan fingerprint density at radius 2 is 1.59 bits per heavy atom. The molecule has 5 heteroatoms. The van der Waals surface area contributed by atoms with Crippen molar-refractivity contribution >= 4 is 11.0 Å². The second kappa shape index (κ2) is 9.42. The first-order chi connectivity index (χ1) is 13.2. The Bertz CT molecular complexity index is 899. The Balaban J connectivity index is 1.73. The van der Waals surface area contributed by atoms with Crippen LogP contribution in [0.15, 0.2) is 54.6 Å². The zero-order valence-electron chi connectivity index (χ0n) is 16.0. The van der Waals surface area contributed by atoms with E-state index in [1.165, 1.54) is 19.3 Å². The van der Waals surface area contributed by atoms with E-state index in [-0.39, 0.29) is 6.61 Å². The number of hydrogen-bond donors (Lipinski definition) is 2. The van der Waals surface area contributed by atoms with Crippen LogP contribution in [0.5, 0.6) is 5.75 Å². The molecule has 0 fully saturated rings. The molecule has 144 valence electrons. The Hall–Kier alpha value is -2.53. The van der Waals surface area contributed by atoms with E-state index in [9.17, 15) is 5.11 Å². The SMILES string of the molecule is CCCCCCn1c(=N)n(C[C@@H](O)COc2ccccc2)c2ccccc21. The lowest BCUT2D eigenvalue weighted by molar-refractivity contribution is 0.0921. The molecule has 0 aliphatic heterocycles. The molecule has 0 aliphatic carbocycles. The molecule has 0 unspecified atom stereocenters. The summed E-state index contributed by atoms with van der Waals surface area (Å²) in [4.78, 5) is 0. The molecular formula is C22H29N3O2. The maximum Gasteiger partial charge on any atom is 0.203 e. The number of hydrogen-bond acceptors (Lipinski definition) is 3. The summed E-state index contributed by atoms with van der Waals surface area (Å²) in [6.45, 7) is 3.58. The summed E-state index contributed by atoms with van der Waals surface area (Å²) in [5, 5.41) is 19.1. The van der Waals surface area contributed by atoms with Crippen molar-refractivity contribution < 1.29 is 9.84 Å². The van der Waals surface area contributed by atoms with E-state index < -0.39 is 6.10 Å². The zero-order chi connectivity index (χ0) is 19.1. The highest BCUT2D eigenvalue weighted by Gasteiger charge is 2.14. The molecule has 0 amide bonds. The maximum absolute atomic E-state index is 10.5. The molecule has 0 saturated heterocycles. The van der Waals surface area contributed by atoms with Gasteiger partial charge >= 0.3 is 0 Å². The number of unbranched alkanes of at least 4 members (excludes halogenated alkanes) is 3. The van der Waals surface area contributed by atoms with Gasteiger partial charge in [-0.05, 0) is 30.7 Å². The number of imidazole rings is 1. The Morgan fingerprint density at radius 3 is 2.30 bits per heavy atom.